The largest absolute Gasteiger partial charge is 0.687 e. The molecule has 0 amide bonds. The fraction of sp³-hybridized carbons (Fsp3) is 0.176. The number of anilines is 1. The Balaban J connectivity index is 0.000000693. The van der Waals surface area contributed by atoms with E-state index in [0.29, 0.717) is 11.4 Å². The molecule has 0 fully saturated rings. The molecule has 0 spiro atoms. The number of allylic oxidation sites excluding steroid dienone is 1. The van der Waals surface area contributed by atoms with Crippen LogP contribution in [0.1, 0.15) is 12.5 Å². The molecular formula is C17H19F3N4Y-2. The van der Waals surface area contributed by atoms with Crippen LogP contribution in [-0.2, 0) is 38.9 Å². The topological polar surface area (TPSA) is 69.4 Å². The van der Waals surface area contributed by atoms with Gasteiger partial charge in [-0.3, -0.25) is 5.01 Å². The number of hydrazine groups is 1. The van der Waals surface area contributed by atoms with Gasteiger partial charge in [0.15, 0.2) is 0 Å². The Hall–Kier alpha value is -1.57. The number of nitrogens with zero attached hydrogens (tertiary/aromatic N) is 2. The summed E-state index contributed by atoms with van der Waals surface area (Å²) in [5.41, 5.74) is 5.05. The number of nitrogens with two attached hydrogens (primary N) is 2. The summed E-state index contributed by atoms with van der Waals surface area (Å²) in [4.78, 5) is 0. The molecule has 2 rings (SSSR count). The summed E-state index contributed by atoms with van der Waals surface area (Å²) in [5.74, 6) is 5.55. The number of alkyl halides is 3. The second-order valence-corrected chi connectivity index (χ2v) is 4.78. The maximum Gasteiger partial charge on any atom is 0.418 e. The molecule has 133 valence electrons. The molecule has 2 aromatic rings. The van der Waals surface area contributed by atoms with E-state index >= 15 is 0 Å². The predicted molar refractivity (Wildman–Crippen MR) is 90.3 cm³/mol. The van der Waals surface area contributed by atoms with Gasteiger partial charge >= 0.3 is 6.18 Å². The zero-order valence-electron chi connectivity index (χ0n) is 14.0. The van der Waals surface area contributed by atoms with Gasteiger partial charge < -0.3 is 11.1 Å². The van der Waals surface area contributed by atoms with E-state index in [1.54, 1.807) is 0 Å². The van der Waals surface area contributed by atoms with E-state index in [9.17, 15) is 13.2 Å². The summed E-state index contributed by atoms with van der Waals surface area (Å²) in [5, 5.41) is 4.65. The number of benzene rings is 2. The van der Waals surface area contributed by atoms with Gasteiger partial charge in [0.1, 0.15) is 0 Å². The molecular weight excluding hydrogens is 406 g/mol. The molecule has 0 bridgehead atoms. The Morgan fingerprint density at radius 2 is 1.80 bits per heavy atom. The molecule has 1 radical (unpaired) electrons. The average molecular weight is 425 g/mol. The van der Waals surface area contributed by atoms with E-state index in [1.165, 1.54) is 32.3 Å². The molecule has 0 saturated carbocycles. The van der Waals surface area contributed by atoms with Gasteiger partial charge in [0.2, 0.25) is 0 Å². The summed E-state index contributed by atoms with van der Waals surface area (Å²) in [6.45, 7) is 1.53. The first-order valence-corrected chi connectivity index (χ1v) is 6.95. The first kappa shape index (κ1) is 23.4. The van der Waals surface area contributed by atoms with E-state index in [1.807, 2.05) is 30.3 Å². The van der Waals surface area contributed by atoms with Crippen molar-refractivity contribution in [2.45, 2.75) is 13.1 Å². The second kappa shape index (κ2) is 11.1. The van der Waals surface area contributed by atoms with Crippen molar-refractivity contribution in [2.75, 3.05) is 12.1 Å². The molecule has 0 aromatic heterocycles. The molecule has 0 atom stereocenters. The fourth-order valence-electron chi connectivity index (χ4n) is 1.74. The van der Waals surface area contributed by atoms with Gasteiger partial charge in [-0.05, 0) is 13.0 Å². The van der Waals surface area contributed by atoms with Crippen molar-refractivity contribution >= 4 is 11.4 Å². The van der Waals surface area contributed by atoms with Crippen LogP contribution >= 0.6 is 0 Å². The molecule has 0 unspecified atom stereocenters. The van der Waals surface area contributed by atoms with Crippen molar-refractivity contribution in [3.63, 3.8) is 0 Å². The maximum absolute atomic E-state index is 12.8. The molecule has 0 aliphatic heterocycles. The quantitative estimate of drug-likeness (QED) is 0.437. The van der Waals surface area contributed by atoms with Crippen molar-refractivity contribution in [2.24, 2.45) is 11.6 Å². The van der Waals surface area contributed by atoms with Crippen molar-refractivity contribution in [1.82, 2.24) is 0 Å². The molecule has 4 N–H and O–H groups in total. The molecule has 4 nitrogen and oxygen atoms in total. The number of hydrogen-bond donors (Lipinski definition) is 2. The van der Waals surface area contributed by atoms with Crippen LogP contribution in [0.2, 0.25) is 0 Å². The summed E-state index contributed by atoms with van der Waals surface area (Å²) < 4.78 is 38.5. The molecule has 8 heteroatoms. The van der Waals surface area contributed by atoms with Gasteiger partial charge in [-0.15, -0.1) is 12.7 Å². The van der Waals surface area contributed by atoms with Crippen LogP contribution in [0, 0.1) is 6.07 Å². The van der Waals surface area contributed by atoms with Gasteiger partial charge in [0.05, 0.1) is 11.3 Å². The van der Waals surface area contributed by atoms with E-state index in [2.05, 4.69) is 11.4 Å². The first-order valence-electron chi connectivity index (χ1n) is 6.95. The summed E-state index contributed by atoms with van der Waals surface area (Å²) in [7, 11) is 1.48. The Morgan fingerprint density at radius 3 is 2.16 bits per heavy atom. The first-order chi connectivity index (χ1) is 11.3. The molecule has 25 heavy (non-hydrogen) atoms. The third-order valence-electron chi connectivity index (χ3n) is 2.77. The van der Waals surface area contributed by atoms with Crippen LogP contribution < -0.4 is 16.6 Å². The van der Waals surface area contributed by atoms with Gasteiger partial charge in [-0.25, -0.2) is 5.84 Å². The zero-order valence-corrected chi connectivity index (χ0v) is 16.8. The van der Waals surface area contributed by atoms with E-state index in [0.717, 1.165) is 11.1 Å². The molecule has 2 aromatic carbocycles. The van der Waals surface area contributed by atoms with Gasteiger partial charge in [0.25, 0.3) is 0 Å². The van der Waals surface area contributed by atoms with Crippen LogP contribution in [0.25, 0.3) is 5.32 Å². The Morgan fingerprint density at radius 1 is 1.20 bits per heavy atom. The summed E-state index contributed by atoms with van der Waals surface area (Å²) in [6.07, 6.45) is -3.28. The SMILES string of the molecule is C[N-]c1ccc(C(F)(F)F)c(N(N)/C=C(/C)N)c1.[Y].[c-]1ccccc1. The zero-order chi connectivity index (χ0) is 18.2. The van der Waals surface area contributed by atoms with Crippen LogP contribution in [0.15, 0.2) is 60.4 Å². The summed E-state index contributed by atoms with van der Waals surface area (Å²) in [6, 6.07) is 16.0. The monoisotopic (exact) mass is 425 g/mol. The van der Waals surface area contributed by atoms with Crippen molar-refractivity contribution in [1.29, 1.82) is 0 Å². The Labute approximate surface area is 170 Å². The molecule has 0 saturated heterocycles. The van der Waals surface area contributed by atoms with Crippen molar-refractivity contribution < 1.29 is 45.9 Å². The van der Waals surface area contributed by atoms with Crippen LogP contribution in [0.3, 0.4) is 0 Å². The van der Waals surface area contributed by atoms with E-state index in [4.69, 9.17) is 11.6 Å². The van der Waals surface area contributed by atoms with Crippen molar-refractivity contribution in [3.05, 3.63) is 77.4 Å². The normalized spacial score (nSPS) is 10.9. The van der Waals surface area contributed by atoms with Gasteiger partial charge in [0, 0.05) is 44.6 Å². The van der Waals surface area contributed by atoms with Crippen LogP contribution in [-0.4, -0.2) is 7.05 Å². The molecule has 0 aliphatic carbocycles. The molecule has 0 heterocycles. The third-order valence-corrected chi connectivity index (χ3v) is 2.77. The third kappa shape index (κ3) is 8.38. The van der Waals surface area contributed by atoms with E-state index in [-0.39, 0.29) is 38.4 Å². The second-order valence-electron chi connectivity index (χ2n) is 4.78. The minimum atomic E-state index is -4.49. The van der Waals surface area contributed by atoms with Crippen LogP contribution in [0.4, 0.5) is 24.5 Å². The molecule has 0 aliphatic rings. The van der Waals surface area contributed by atoms with Gasteiger partial charge in [-0.1, -0.05) is 12.1 Å². The fourth-order valence-corrected chi connectivity index (χ4v) is 1.74. The Kier molecular flexibility index (Phi) is 10.4. The Bertz CT molecular complexity index is 630. The standard InChI is InChI=1S/C11H14F3N4.C6H5.Y/c1-7(15)6-18(16)10-5-8(17-2)3-4-9(10)11(12,13)14;1-2-4-6-5-3-1;/h3-6H,15-16H2,1-2H3;1-5H;/q2*-1;/b7-6-;;. The minimum absolute atomic E-state index is 0. The summed E-state index contributed by atoms with van der Waals surface area (Å²) >= 11 is 0. The number of hydrogen-bond acceptors (Lipinski definition) is 3. The van der Waals surface area contributed by atoms with Crippen LogP contribution in [0.5, 0.6) is 0 Å². The van der Waals surface area contributed by atoms with E-state index < -0.39 is 11.7 Å². The number of rotatable bonds is 3. The smallest absolute Gasteiger partial charge is 0.418 e. The van der Waals surface area contributed by atoms with Crippen molar-refractivity contribution in [3.8, 4) is 0 Å². The number of halogens is 3. The average Bonchev–Trinajstić information content (AvgIpc) is 2.55. The minimum Gasteiger partial charge on any atom is -0.687 e. The maximum atomic E-state index is 12.8. The van der Waals surface area contributed by atoms with Gasteiger partial charge in [-0.2, -0.15) is 49.6 Å². The predicted octanol–water partition coefficient (Wildman–Crippen LogP) is 4.32.